The highest BCUT2D eigenvalue weighted by molar-refractivity contribution is 5.83. The second-order valence-corrected chi connectivity index (χ2v) is 7.72. The smallest absolute Gasteiger partial charge is 0.237 e. The summed E-state index contributed by atoms with van der Waals surface area (Å²) in [6.07, 6.45) is 11.8. The number of benzene rings is 1. The Morgan fingerprint density at radius 1 is 1.24 bits per heavy atom. The average Bonchev–Trinajstić information content (AvgIpc) is 3.21. The van der Waals surface area contributed by atoms with Crippen molar-refractivity contribution in [2.45, 2.75) is 76.0 Å². The Bertz CT molecular complexity index is 636. The molecule has 1 aliphatic heterocycles. The number of amides is 1. The largest absolute Gasteiger partial charge is 0.465 e. The lowest BCUT2D eigenvalue weighted by atomic mass is 10.0. The Kier molecular flexibility index (Phi) is 10.5. The highest BCUT2D eigenvalue weighted by atomic mass is 16.5. The molecule has 3 N–H and O–H groups in total. The van der Waals surface area contributed by atoms with Gasteiger partial charge in [-0.25, -0.2) is 0 Å². The molecular formula is C23H35N3O3. The fourth-order valence-corrected chi connectivity index (χ4v) is 3.53. The first-order valence-electron chi connectivity index (χ1n) is 10.7. The number of unbranched alkanes of at least 4 members (excludes halogenated alkanes) is 1. The molecule has 2 rings (SSSR count). The number of likely N-dealkylation sites (N-methyl/N-ethyl adjacent to an activating group) is 1. The van der Waals surface area contributed by atoms with Crippen molar-refractivity contribution in [3.63, 3.8) is 0 Å². The zero-order chi connectivity index (χ0) is 20.9. The maximum atomic E-state index is 11.9. The molecule has 0 aliphatic carbocycles. The van der Waals surface area contributed by atoms with Gasteiger partial charge in [0.2, 0.25) is 5.91 Å². The molecule has 0 spiro atoms. The highest BCUT2D eigenvalue weighted by Gasteiger charge is 2.22. The molecule has 29 heavy (non-hydrogen) atoms. The highest BCUT2D eigenvalue weighted by Crippen LogP contribution is 2.20. The van der Waals surface area contributed by atoms with Crippen LogP contribution in [0.4, 0.5) is 0 Å². The first kappa shape index (κ1) is 23.1. The summed E-state index contributed by atoms with van der Waals surface area (Å²) in [6.45, 7) is 1.78. The van der Waals surface area contributed by atoms with Gasteiger partial charge in [0.15, 0.2) is 0 Å². The van der Waals surface area contributed by atoms with Crippen LogP contribution in [-0.2, 0) is 9.59 Å². The van der Waals surface area contributed by atoms with Crippen molar-refractivity contribution < 1.29 is 14.3 Å². The van der Waals surface area contributed by atoms with Crippen LogP contribution in [0.3, 0.4) is 0 Å². The van der Waals surface area contributed by atoms with Gasteiger partial charge in [-0.15, -0.1) is 0 Å². The summed E-state index contributed by atoms with van der Waals surface area (Å²) < 4.78 is 5.58. The maximum absolute atomic E-state index is 11.9. The van der Waals surface area contributed by atoms with E-state index in [1.54, 1.807) is 20.2 Å². The Balaban J connectivity index is 1.56. The van der Waals surface area contributed by atoms with Crippen LogP contribution < -0.4 is 20.7 Å². The summed E-state index contributed by atoms with van der Waals surface area (Å²) in [5, 5.41) is 9.36. The SMILES string of the molecule is CNC(C)C(=O)N[C@H](C=O)CCCCC1CC[C@@H](C/C=C/Oc2ccccc2)N1. The van der Waals surface area contributed by atoms with E-state index >= 15 is 0 Å². The minimum Gasteiger partial charge on any atom is -0.465 e. The number of rotatable bonds is 13. The molecule has 1 fully saturated rings. The molecule has 4 atom stereocenters. The molecule has 1 aliphatic rings. The van der Waals surface area contributed by atoms with Crippen LogP contribution in [0.15, 0.2) is 42.7 Å². The third-order valence-corrected chi connectivity index (χ3v) is 5.44. The van der Waals surface area contributed by atoms with Crippen molar-refractivity contribution in [2.24, 2.45) is 0 Å². The van der Waals surface area contributed by atoms with E-state index in [1.165, 1.54) is 12.8 Å². The lowest BCUT2D eigenvalue weighted by Crippen LogP contribution is -2.45. The molecule has 0 saturated carbocycles. The quantitative estimate of drug-likeness (QED) is 0.269. The summed E-state index contributed by atoms with van der Waals surface area (Å²) in [5.74, 6) is 0.723. The van der Waals surface area contributed by atoms with Crippen molar-refractivity contribution in [3.05, 3.63) is 42.7 Å². The fraction of sp³-hybridized carbons (Fsp3) is 0.565. The van der Waals surface area contributed by atoms with Crippen LogP contribution in [0.2, 0.25) is 0 Å². The van der Waals surface area contributed by atoms with Crippen LogP contribution in [0.5, 0.6) is 5.75 Å². The van der Waals surface area contributed by atoms with Gasteiger partial charge in [0.1, 0.15) is 12.0 Å². The van der Waals surface area contributed by atoms with Gasteiger partial charge in [-0.2, -0.15) is 0 Å². The van der Waals surface area contributed by atoms with Gasteiger partial charge in [0.05, 0.1) is 18.3 Å². The molecule has 2 unspecified atom stereocenters. The molecule has 1 aromatic rings. The third-order valence-electron chi connectivity index (χ3n) is 5.44. The van der Waals surface area contributed by atoms with Crippen molar-refractivity contribution in [2.75, 3.05) is 7.05 Å². The standard InChI is InChI=1S/C23H35N3O3/c1-18(24-2)23(28)26-21(17-27)10-7-6-9-19-14-15-20(25-19)11-8-16-29-22-12-4-3-5-13-22/h3-5,8,12-13,16-21,24-25H,6-7,9-11,14-15H2,1-2H3,(H,26,28)/b16-8+/t18?,19?,20-,21+/m1/s1. The topological polar surface area (TPSA) is 79.5 Å². The summed E-state index contributed by atoms with van der Waals surface area (Å²) in [5.41, 5.74) is 0. The Morgan fingerprint density at radius 3 is 2.72 bits per heavy atom. The number of ether oxygens (including phenoxy) is 1. The Hall–Kier alpha value is -2.18. The first-order valence-corrected chi connectivity index (χ1v) is 10.7. The molecule has 160 valence electrons. The summed E-state index contributed by atoms with van der Waals surface area (Å²) in [6, 6.07) is 10.1. The number of carbonyl (C=O) groups excluding carboxylic acids is 2. The van der Waals surface area contributed by atoms with Gasteiger partial charge < -0.3 is 25.5 Å². The van der Waals surface area contributed by atoms with Gasteiger partial charge in [-0.05, 0) is 64.3 Å². The molecule has 6 nitrogen and oxygen atoms in total. The van der Waals surface area contributed by atoms with E-state index in [1.807, 2.05) is 30.3 Å². The van der Waals surface area contributed by atoms with Gasteiger partial charge >= 0.3 is 0 Å². The van der Waals surface area contributed by atoms with Gasteiger partial charge in [-0.1, -0.05) is 31.0 Å². The minimum absolute atomic E-state index is 0.130. The lowest BCUT2D eigenvalue weighted by Gasteiger charge is -2.17. The van der Waals surface area contributed by atoms with Crippen LogP contribution >= 0.6 is 0 Å². The van der Waals surface area contributed by atoms with Crippen LogP contribution in [0, 0.1) is 0 Å². The second-order valence-electron chi connectivity index (χ2n) is 7.72. The minimum atomic E-state index is -0.391. The molecular weight excluding hydrogens is 366 g/mol. The van der Waals surface area contributed by atoms with Gasteiger partial charge in [0.25, 0.3) is 0 Å². The van der Waals surface area contributed by atoms with Crippen molar-refractivity contribution in [1.29, 1.82) is 0 Å². The van der Waals surface area contributed by atoms with E-state index in [9.17, 15) is 9.59 Å². The van der Waals surface area contributed by atoms with Crippen LogP contribution in [0.1, 0.15) is 51.9 Å². The third kappa shape index (κ3) is 8.79. The van der Waals surface area contributed by atoms with Gasteiger partial charge in [-0.3, -0.25) is 4.79 Å². The summed E-state index contributed by atoms with van der Waals surface area (Å²) in [7, 11) is 1.73. The van der Waals surface area contributed by atoms with E-state index < -0.39 is 6.04 Å². The number of aldehydes is 1. The molecule has 0 aromatic heterocycles. The monoisotopic (exact) mass is 401 g/mol. The molecule has 0 bridgehead atoms. The zero-order valence-corrected chi connectivity index (χ0v) is 17.6. The Labute approximate surface area is 174 Å². The number of hydrogen-bond acceptors (Lipinski definition) is 5. The van der Waals surface area contributed by atoms with Crippen LogP contribution in [0.25, 0.3) is 0 Å². The van der Waals surface area contributed by atoms with Crippen molar-refractivity contribution >= 4 is 12.2 Å². The van der Waals surface area contributed by atoms with E-state index in [4.69, 9.17) is 4.74 Å². The molecule has 1 heterocycles. The van der Waals surface area contributed by atoms with Crippen molar-refractivity contribution in [1.82, 2.24) is 16.0 Å². The fourth-order valence-electron chi connectivity index (χ4n) is 3.53. The summed E-state index contributed by atoms with van der Waals surface area (Å²) >= 11 is 0. The molecule has 1 saturated heterocycles. The number of hydrogen-bond donors (Lipinski definition) is 3. The van der Waals surface area contributed by atoms with E-state index in [0.717, 1.165) is 37.7 Å². The molecule has 1 amide bonds. The number of carbonyl (C=O) groups is 2. The summed E-state index contributed by atoms with van der Waals surface area (Å²) in [4.78, 5) is 23.0. The molecule has 0 radical (unpaired) electrons. The second kappa shape index (κ2) is 13.1. The maximum Gasteiger partial charge on any atom is 0.237 e. The predicted molar refractivity (Wildman–Crippen MR) is 116 cm³/mol. The van der Waals surface area contributed by atoms with Gasteiger partial charge in [0, 0.05) is 12.1 Å². The number of para-hydroxylation sites is 1. The Morgan fingerprint density at radius 2 is 2.00 bits per heavy atom. The van der Waals surface area contributed by atoms with Crippen LogP contribution in [-0.4, -0.2) is 43.4 Å². The van der Waals surface area contributed by atoms with E-state index in [0.29, 0.717) is 18.5 Å². The normalized spacial score (nSPS) is 21.0. The van der Waals surface area contributed by atoms with E-state index in [-0.39, 0.29) is 11.9 Å². The zero-order valence-electron chi connectivity index (χ0n) is 17.6. The average molecular weight is 402 g/mol. The molecule has 1 aromatic carbocycles. The van der Waals surface area contributed by atoms with E-state index in [2.05, 4.69) is 22.0 Å². The lowest BCUT2D eigenvalue weighted by molar-refractivity contribution is -0.125. The molecule has 6 heteroatoms. The number of nitrogens with one attached hydrogen (secondary N) is 3. The van der Waals surface area contributed by atoms with Crippen molar-refractivity contribution in [3.8, 4) is 5.75 Å². The first-order chi connectivity index (χ1) is 14.1. The predicted octanol–water partition coefficient (Wildman–Crippen LogP) is 2.94.